The van der Waals surface area contributed by atoms with E-state index in [-0.39, 0.29) is 5.54 Å². The smallest absolute Gasteiger partial charge is 0.134 e. The zero-order valence-corrected chi connectivity index (χ0v) is 12.6. The average Bonchev–Trinajstić information content (AvgIpc) is 2.97. The first-order valence-electron chi connectivity index (χ1n) is 8.20. The van der Waals surface area contributed by atoms with E-state index in [4.69, 9.17) is 4.42 Å². The number of hydrogen-bond donors (Lipinski definition) is 1. The third-order valence-electron chi connectivity index (χ3n) is 5.54. The van der Waals surface area contributed by atoms with Gasteiger partial charge < -0.3 is 9.73 Å². The van der Waals surface area contributed by atoms with E-state index in [1.807, 2.05) is 12.3 Å². The molecule has 1 aliphatic carbocycles. The lowest BCUT2D eigenvalue weighted by Crippen LogP contribution is -2.58. The highest BCUT2D eigenvalue weighted by molar-refractivity contribution is 5.80. The van der Waals surface area contributed by atoms with Crippen molar-refractivity contribution in [3.8, 4) is 0 Å². The van der Waals surface area contributed by atoms with Crippen LogP contribution in [0.3, 0.4) is 0 Å². The fraction of sp³-hybridized carbons (Fsp3) is 0.474. The van der Waals surface area contributed by atoms with E-state index in [9.17, 15) is 0 Å². The summed E-state index contributed by atoms with van der Waals surface area (Å²) in [4.78, 5) is 0. The lowest BCUT2D eigenvalue weighted by atomic mass is 9.66. The standard InChI is InChI=1S/C19H23NO/c1-2-16-11-14-7-9-19(16,20-12-14)10-8-15-13-21-18-6-4-3-5-17(15)18/h3-7,9,13-14,16,20H,2,8,10-12H2,1H3. The fourth-order valence-corrected chi connectivity index (χ4v) is 4.25. The van der Waals surface area contributed by atoms with Gasteiger partial charge in [-0.1, -0.05) is 43.7 Å². The van der Waals surface area contributed by atoms with Crippen molar-refractivity contribution in [1.29, 1.82) is 0 Å². The van der Waals surface area contributed by atoms with Gasteiger partial charge in [-0.3, -0.25) is 0 Å². The van der Waals surface area contributed by atoms with E-state index in [1.54, 1.807) is 0 Å². The van der Waals surface area contributed by atoms with Crippen LogP contribution >= 0.6 is 0 Å². The second kappa shape index (κ2) is 5.03. The summed E-state index contributed by atoms with van der Waals surface area (Å²) in [5.74, 6) is 1.53. The molecule has 5 rings (SSSR count). The number of para-hydroxylation sites is 1. The van der Waals surface area contributed by atoms with E-state index in [1.165, 1.54) is 23.8 Å². The molecule has 3 aliphatic rings. The van der Waals surface area contributed by atoms with Gasteiger partial charge in [0.2, 0.25) is 0 Å². The summed E-state index contributed by atoms with van der Waals surface area (Å²) in [6, 6.07) is 8.35. The molecule has 110 valence electrons. The minimum Gasteiger partial charge on any atom is -0.464 e. The number of hydrogen-bond acceptors (Lipinski definition) is 2. The maximum absolute atomic E-state index is 5.68. The van der Waals surface area contributed by atoms with Gasteiger partial charge in [0.25, 0.3) is 0 Å². The van der Waals surface area contributed by atoms with E-state index in [2.05, 4.69) is 42.6 Å². The van der Waals surface area contributed by atoms with Crippen LogP contribution in [0.15, 0.2) is 47.1 Å². The van der Waals surface area contributed by atoms with Crippen molar-refractivity contribution < 1.29 is 4.42 Å². The van der Waals surface area contributed by atoms with Crippen LogP contribution in [-0.2, 0) is 6.42 Å². The quantitative estimate of drug-likeness (QED) is 0.845. The number of piperidine rings is 1. The van der Waals surface area contributed by atoms with Crippen molar-refractivity contribution in [2.24, 2.45) is 11.8 Å². The number of rotatable bonds is 4. The molecule has 1 aromatic heterocycles. The summed E-state index contributed by atoms with van der Waals surface area (Å²) in [5.41, 5.74) is 2.56. The number of nitrogens with one attached hydrogen (secondary N) is 1. The Bertz CT molecular complexity index is 671. The highest BCUT2D eigenvalue weighted by Gasteiger charge is 2.42. The van der Waals surface area contributed by atoms with Crippen molar-refractivity contribution in [3.63, 3.8) is 0 Å². The predicted octanol–water partition coefficient (Wildman–Crippen LogP) is 4.31. The largest absolute Gasteiger partial charge is 0.464 e. The first-order chi connectivity index (χ1) is 10.3. The SMILES string of the molecule is CCC1CC2C=CC1(CCc1coc3ccccc13)NC2. The fourth-order valence-electron chi connectivity index (χ4n) is 4.25. The molecule has 2 aromatic rings. The summed E-state index contributed by atoms with van der Waals surface area (Å²) in [6.45, 7) is 3.48. The van der Waals surface area contributed by atoms with Crippen LogP contribution in [-0.4, -0.2) is 12.1 Å². The van der Waals surface area contributed by atoms with Crippen LogP contribution in [0.1, 0.15) is 31.7 Å². The number of benzene rings is 1. The lowest BCUT2D eigenvalue weighted by Gasteiger charge is -2.49. The Hall–Kier alpha value is -1.54. The Kier molecular flexibility index (Phi) is 3.15. The van der Waals surface area contributed by atoms with Crippen LogP contribution in [0.5, 0.6) is 0 Å². The molecular formula is C19H23NO. The van der Waals surface area contributed by atoms with Crippen LogP contribution in [0.4, 0.5) is 0 Å². The Morgan fingerprint density at radius 3 is 3.05 bits per heavy atom. The average molecular weight is 281 g/mol. The maximum Gasteiger partial charge on any atom is 0.134 e. The van der Waals surface area contributed by atoms with Gasteiger partial charge in [0.1, 0.15) is 5.58 Å². The lowest BCUT2D eigenvalue weighted by molar-refractivity contribution is 0.144. The van der Waals surface area contributed by atoms with Crippen molar-refractivity contribution >= 4 is 11.0 Å². The van der Waals surface area contributed by atoms with Crippen molar-refractivity contribution in [3.05, 3.63) is 48.2 Å². The molecule has 1 saturated heterocycles. The minimum absolute atomic E-state index is 0.210. The Balaban J connectivity index is 1.58. The number of aryl methyl sites for hydroxylation is 1. The summed E-state index contributed by atoms with van der Waals surface area (Å²) in [5, 5.41) is 5.10. The molecule has 0 spiro atoms. The molecule has 0 saturated carbocycles. The van der Waals surface area contributed by atoms with E-state index in [0.29, 0.717) is 0 Å². The molecule has 1 aromatic carbocycles. The Morgan fingerprint density at radius 1 is 1.33 bits per heavy atom. The second-order valence-electron chi connectivity index (χ2n) is 6.64. The van der Waals surface area contributed by atoms with Crippen LogP contribution < -0.4 is 5.32 Å². The molecule has 2 nitrogen and oxygen atoms in total. The van der Waals surface area contributed by atoms with Gasteiger partial charge >= 0.3 is 0 Å². The maximum atomic E-state index is 5.68. The first-order valence-corrected chi connectivity index (χ1v) is 8.20. The molecule has 3 heterocycles. The molecular weight excluding hydrogens is 258 g/mol. The number of furan rings is 1. The molecule has 21 heavy (non-hydrogen) atoms. The molecule has 1 N–H and O–H groups in total. The normalized spacial score (nSPS) is 31.1. The van der Waals surface area contributed by atoms with Gasteiger partial charge in [-0.05, 0) is 42.7 Å². The van der Waals surface area contributed by atoms with Gasteiger partial charge in [0.15, 0.2) is 0 Å². The molecule has 0 amide bonds. The Labute approximate surface area is 126 Å². The third kappa shape index (κ3) is 2.13. The molecule has 0 radical (unpaired) electrons. The molecule has 3 atom stereocenters. The van der Waals surface area contributed by atoms with E-state index in [0.717, 1.165) is 36.8 Å². The summed E-state index contributed by atoms with van der Waals surface area (Å²) in [7, 11) is 0. The zero-order chi connectivity index (χ0) is 14.3. The minimum atomic E-state index is 0.210. The molecule has 2 aliphatic heterocycles. The topological polar surface area (TPSA) is 25.2 Å². The van der Waals surface area contributed by atoms with Crippen molar-refractivity contribution in [1.82, 2.24) is 5.32 Å². The highest BCUT2D eigenvalue weighted by atomic mass is 16.3. The van der Waals surface area contributed by atoms with Crippen LogP contribution in [0.2, 0.25) is 0 Å². The van der Waals surface area contributed by atoms with E-state index >= 15 is 0 Å². The molecule has 1 fully saturated rings. The van der Waals surface area contributed by atoms with Crippen molar-refractivity contribution in [2.75, 3.05) is 6.54 Å². The van der Waals surface area contributed by atoms with E-state index < -0.39 is 0 Å². The summed E-state index contributed by atoms with van der Waals surface area (Å²) >= 11 is 0. The summed E-state index contributed by atoms with van der Waals surface area (Å²) in [6.07, 6.45) is 11.7. The second-order valence-corrected chi connectivity index (χ2v) is 6.64. The zero-order valence-electron chi connectivity index (χ0n) is 12.6. The first kappa shape index (κ1) is 13.1. The monoisotopic (exact) mass is 281 g/mol. The van der Waals surface area contributed by atoms with Gasteiger partial charge in [0, 0.05) is 17.5 Å². The van der Waals surface area contributed by atoms with Gasteiger partial charge in [0.05, 0.1) is 6.26 Å². The number of fused-ring (bicyclic) bond motifs is 3. The molecule has 3 unspecified atom stereocenters. The predicted molar refractivity (Wildman–Crippen MR) is 86.3 cm³/mol. The van der Waals surface area contributed by atoms with Crippen molar-refractivity contribution in [2.45, 2.75) is 38.1 Å². The molecule has 2 heteroatoms. The Morgan fingerprint density at radius 2 is 2.24 bits per heavy atom. The third-order valence-corrected chi connectivity index (χ3v) is 5.54. The van der Waals surface area contributed by atoms with Gasteiger partial charge in [-0.15, -0.1) is 0 Å². The van der Waals surface area contributed by atoms with Crippen LogP contribution in [0, 0.1) is 11.8 Å². The van der Waals surface area contributed by atoms with Gasteiger partial charge in [-0.2, -0.15) is 0 Å². The molecule has 2 bridgehead atoms. The highest BCUT2D eigenvalue weighted by Crippen LogP contribution is 2.41. The van der Waals surface area contributed by atoms with Gasteiger partial charge in [-0.25, -0.2) is 0 Å². The summed E-state index contributed by atoms with van der Waals surface area (Å²) < 4.78 is 5.68. The van der Waals surface area contributed by atoms with Crippen LogP contribution in [0.25, 0.3) is 11.0 Å².